The molecule has 118 valence electrons. The number of hydrogen-bond acceptors (Lipinski definition) is 3. The Morgan fingerprint density at radius 3 is 2.76 bits per heavy atom. The van der Waals surface area contributed by atoms with Crippen LogP contribution in [0.1, 0.15) is 45.1 Å². The molecular formula is C18H30N2O. The molecule has 0 bridgehead atoms. The Labute approximate surface area is 129 Å². The Morgan fingerprint density at radius 2 is 2.05 bits per heavy atom. The van der Waals surface area contributed by atoms with Gasteiger partial charge in [0.15, 0.2) is 0 Å². The predicted molar refractivity (Wildman–Crippen MR) is 88.8 cm³/mol. The highest BCUT2D eigenvalue weighted by atomic mass is 16.5. The summed E-state index contributed by atoms with van der Waals surface area (Å²) in [6.07, 6.45) is 5.40. The van der Waals surface area contributed by atoms with E-state index in [9.17, 15) is 0 Å². The molecule has 0 radical (unpaired) electrons. The van der Waals surface area contributed by atoms with Crippen molar-refractivity contribution < 1.29 is 4.74 Å². The van der Waals surface area contributed by atoms with Crippen molar-refractivity contribution in [1.82, 2.24) is 10.2 Å². The molecule has 1 aliphatic heterocycles. The molecule has 1 aromatic carbocycles. The molecule has 0 unspecified atom stereocenters. The van der Waals surface area contributed by atoms with Crippen molar-refractivity contribution >= 4 is 0 Å². The first kappa shape index (κ1) is 16.3. The zero-order valence-electron chi connectivity index (χ0n) is 13.6. The molecular weight excluding hydrogens is 260 g/mol. The Balaban J connectivity index is 1.58. The third kappa shape index (κ3) is 5.68. The number of hydrogen-bond donors (Lipinski definition) is 1. The average Bonchev–Trinajstić information content (AvgIpc) is 2.51. The molecule has 1 aromatic rings. The lowest BCUT2D eigenvalue weighted by atomic mass is 10.0. The van der Waals surface area contributed by atoms with Crippen molar-refractivity contribution in [2.45, 2.75) is 52.1 Å². The van der Waals surface area contributed by atoms with Gasteiger partial charge in [-0.05, 0) is 70.4 Å². The van der Waals surface area contributed by atoms with Crippen LogP contribution < -0.4 is 10.1 Å². The maximum Gasteiger partial charge on any atom is 0.119 e. The van der Waals surface area contributed by atoms with Gasteiger partial charge in [0.1, 0.15) is 5.75 Å². The van der Waals surface area contributed by atoms with Gasteiger partial charge in [0.05, 0.1) is 6.61 Å². The number of nitrogens with zero attached hydrogens (tertiary/aromatic N) is 1. The summed E-state index contributed by atoms with van der Waals surface area (Å²) in [6.45, 7) is 9.67. The van der Waals surface area contributed by atoms with Crippen LogP contribution in [0.3, 0.4) is 0 Å². The molecule has 21 heavy (non-hydrogen) atoms. The van der Waals surface area contributed by atoms with Crippen LogP contribution in [-0.4, -0.2) is 37.2 Å². The maximum absolute atomic E-state index is 5.46. The minimum atomic E-state index is 0.729. The second-order valence-corrected chi connectivity index (χ2v) is 5.99. The van der Waals surface area contributed by atoms with Crippen molar-refractivity contribution in [1.29, 1.82) is 0 Å². The van der Waals surface area contributed by atoms with Gasteiger partial charge in [0.2, 0.25) is 0 Å². The largest absolute Gasteiger partial charge is 0.494 e. The summed E-state index contributed by atoms with van der Waals surface area (Å²) in [5, 5.41) is 3.54. The first-order chi connectivity index (χ1) is 10.3. The van der Waals surface area contributed by atoms with Crippen LogP contribution in [0.2, 0.25) is 0 Å². The quantitative estimate of drug-likeness (QED) is 0.742. The lowest BCUT2D eigenvalue weighted by Gasteiger charge is -2.33. The summed E-state index contributed by atoms with van der Waals surface area (Å²) in [5.74, 6) is 0.959. The Bertz CT molecular complexity index is 391. The molecule has 0 aliphatic carbocycles. The minimum absolute atomic E-state index is 0.729. The molecule has 3 nitrogen and oxygen atoms in total. The van der Waals surface area contributed by atoms with E-state index in [0.29, 0.717) is 0 Å². The van der Waals surface area contributed by atoms with Gasteiger partial charge < -0.3 is 15.0 Å². The standard InChI is InChI=1S/C18H30N2O/c1-3-21-18-10-8-17(9-11-18)15-19-12-6-14-20-13-5-4-7-16(20)2/h8-11,16,19H,3-7,12-15H2,1-2H3/t16-/m1/s1. The van der Waals surface area contributed by atoms with E-state index < -0.39 is 0 Å². The van der Waals surface area contributed by atoms with Crippen LogP contribution in [-0.2, 0) is 6.54 Å². The monoisotopic (exact) mass is 290 g/mol. The average molecular weight is 290 g/mol. The highest BCUT2D eigenvalue weighted by molar-refractivity contribution is 5.27. The highest BCUT2D eigenvalue weighted by Gasteiger charge is 2.16. The van der Waals surface area contributed by atoms with E-state index in [2.05, 4.69) is 41.4 Å². The zero-order valence-corrected chi connectivity index (χ0v) is 13.6. The van der Waals surface area contributed by atoms with Gasteiger partial charge in [-0.2, -0.15) is 0 Å². The van der Waals surface area contributed by atoms with Crippen LogP contribution in [0, 0.1) is 0 Å². The normalized spacial score (nSPS) is 19.6. The van der Waals surface area contributed by atoms with Gasteiger partial charge in [-0.25, -0.2) is 0 Å². The van der Waals surface area contributed by atoms with E-state index >= 15 is 0 Å². The fourth-order valence-corrected chi connectivity index (χ4v) is 3.00. The van der Waals surface area contributed by atoms with Gasteiger partial charge in [0, 0.05) is 12.6 Å². The molecule has 1 heterocycles. The Hall–Kier alpha value is -1.06. The summed E-state index contributed by atoms with van der Waals surface area (Å²) in [6, 6.07) is 9.17. The highest BCUT2D eigenvalue weighted by Crippen LogP contribution is 2.16. The lowest BCUT2D eigenvalue weighted by Crippen LogP contribution is -2.38. The number of rotatable bonds is 8. The van der Waals surface area contributed by atoms with Crippen LogP contribution >= 0.6 is 0 Å². The summed E-state index contributed by atoms with van der Waals surface area (Å²) < 4.78 is 5.46. The van der Waals surface area contributed by atoms with E-state index in [1.165, 1.54) is 44.3 Å². The van der Waals surface area contributed by atoms with E-state index in [0.717, 1.165) is 31.5 Å². The van der Waals surface area contributed by atoms with Crippen molar-refractivity contribution in [2.24, 2.45) is 0 Å². The number of nitrogens with one attached hydrogen (secondary N) is 1. The number of piperidine rings is 1. The van der Waals surface area contributed by atoms with Gasteiger partial charge in [-0.1, -0.05) is 18.6 Å². The molecule has 1 N–H and O–H groups in total. The molecule has 1 fully saturated rings. The van der Waals surface area contributed by atoms with E-state index in [1.54, 1.807) is 0 Å². The first-order valence-corrected chi connectivity index (χ1v) is 8.46. The van der Waals surface area contributed by atoms with E-state index in [1.807, 2.05) is 6.92 Å². The number of benzene rings is 1. The summed E-state index contributed by atoms with van der Waals surface area (Å²) in [5.41, 5.74) is 1.32. The van der Waals surface area contributed by atoms with Crippen molar-refractivity contribution in [2.75, 3.05) is 26.2 Å². The van der Waals surface area contributed by atoms with Gasteiger partial charge in [-0.15, -0.1) is 0 Å². The SMILES string of the molecule is CCOc1ccc(CNCCCN2CCCC[C@H]2C)cc1. The fourth-order valence-electron chi connectivity index (χ4n) is 3.00. The summed E-state index contributed by atoms with van der Waals surface area (Å²) in [4.78, 5) is 2.64. The topological polar surface area (TPSA) is 24.5 Å². The summed E-state index contributed by atoms with van der Waals surface area (Å²) in [7, 11) is 0. The number of ether oxygens (including phenoxy) is 1. The molecule has 1 saturated heterocycles. The van der Waals surface area contributed by atoms with Crippen LogP contribution in [0.5, 0.6) is 5.75 Å². The van der Waals surface area contributed by atoms with Gasteiger partial charge >= 0.3 is 0 Å². The third-order valence-corrected chi connectivity index (χ3v) is 4.30. The summed E-state index contributed by atoms with van der Waals surface area (Å²) >= 11 is 0. The molecule has 1 aliphatic rings. The molecule has 2 rings (SSSR count). The number of likely N-dealkylation sites (tertiary alicyclic amines) is 1. The van der Waals surface area contributed by atoms with E-state index in [-0.39, 0.29) is 0 Å². The van der Waals surface area contributed by atoms with Crippen molar-refractivity contribution in [3.8, 4) is 5.75 Å². The smallest absolute Gasteiger partial charge is 0.119 e. The molecule has 3 heteroatoms. The Morgan fingerprint density at radius 1 is 1.24 bits per heavy atom. The van der Waals surface area contributed by atoms with Crippen molar-refractivity contribution in [3.63, 3.8) is 0 Å². The lowest BCUT2D eigenvalue weighted by molar-refractivity contribution is 0.159. The first-order valence-electron chi connectivity index (χ1n) is 8.46. The maximum atomic E-state index is 5.46. The predicted octanol–water partition coefficient (Wildman–Crippen LogP) is 3.44. The van der Waals surface area contributed by atoms with Crippen LogP contribution in [0.4, 0.5) is 0 Å². The molecule has 0 aromatic heterocycles. The second kappa shape index (κ2) is 9.06. The van der Waals surface area contributed by atoms with E-state index in [4.69, 9.17) is 4.74 Å². The fraction of sp³-hybridized carbons (Fsp3) is 0.667. The second-order valence-electron chi connectivity index (χ2n) is 5.99. The van der Waals surface area contributed by atoms with Crippen molar-refractivity contribution in [3.05, 3.63) is 29.8 Å². The van der Waals surface area contributed by atoms with Crippen LogP contribution in [0.25, 0.3) is 0 Å². The zero-order chi connectivity index (χ0) is 14.9. The minimum Gasteiger partial charge on any atom is -0.494 e. The molecule has 0 saturated carbocycles. The molecule has 1 atom stereocenters. The molecule has 0 amide bonds. The van der Waals surface area contributed by atoms with Gasteiger partial charge in [0.25, 0.3) is 0 Å². The Kier molecular flexibility index (Phi) is 7.04. The van der Waals surface area contributed by atoms with Gasteiger partial charge in [-0.3, -0.25) is 0 Å². The van der Waals surface area contributed by atoms with Crippen LogP contribution in [0.15, 0.2) is 24.3 Å². The third-order valence-electron chi connectivity index (χ3n) is 4.30. The molecule has 0 spiro atoms.